The van der Waals surface area contributed by atoms with E-state index in [2.05, 4.69) is 6.07 Å². The van der Waals surface area contributed by atoms with Gasteiger partial charge in [0.1, 0.15) is 0 Å². The minimum absolute atomic E-state index is 0.385. The van der Waals surface area contributed by atoms with Crippen LogP contribution in [0.15, 0.2) is 18.2 Å². The standard InChI is InChI=1S/C20H23NO3/c1-22-15-5-4-14(10-16(15)23-11-13-2-3-13)19(12-21)6-8-20(9-7-19)17-18(20)24-17/h4-5,10,13,17-18H,2-3,6-9,11H2,1H3/t17-,18+,19?,20?. The first kappa shape index (κ1) is 14.6. The molecule has 0 unspecified atom stereocenters. The number of hydrogen-bond acceptors (Lipinski definition) is 4. The number of methoxy groups -OCH3 is 1. The Bertz CT molecular complexity index is 700. The summed E-state index contributed by atoms with van der Waals surface area (Å²) in [7, 11) is 1.67. The molecular formula is C20H23NO3. The molecule has 1 saturated heterocycles. The SMILES string of the molecule is COc1ccc(C2(C#N)CCC3(CC2)[C@@H]2O[C@@H]23)cc1OCC1CC1. The molecule has 0 bridgehead atoms. The average molecular weight is 325 g/mol. The molecule has 4 nitrogen and oxygen atoms in total. The van der Waals surface area contributed by atoms with Crippen molar-refractivity contribution >= 4 is 0 Å². The summed E-state index contributed by atoms with van der Waals surface area (Å²) in [6.07, 6.45) is 7.63. The molecule has 24 heavy (non-hydrogen) atoms. The zero-order valence-corrected chi connectivity index (χ0v) is 14.1. The van der Waals surface area contributed by atoms with Gasteiger partial charge >= 0.3 is 0 Å². The van der Waals surface area contributed by atoms with Gasteiger partial charge in [-0.2, -0.15) is 5.26 Å². The maximum Gasteiger partial charge on any atom is 0.161 e. The summed E-state index contributed by atoms with van der Waals surface area (Å²) in [5.41, 5.74) is 1.13. The van der Waals surface area contributed by atoms with Crippen molar-refractivity contribution in [2.24, 2.45) is 11.3 Å². The Morgan fingerprint density at radius 2 is 1.92 bits per heavy atom. The van der Waals surface area contributed by atoms with Crippen LogP contribution in [-0.2, 0) is 10.2 Å². The third-order valence-electron chi connectivity index (χ3n) is 6.65. The number of benzene rings is 1. The van der Waals surface area contributed by atoms with Gasteiger partial charge in [-0.05, 0) is 62.1 Å². The monoisotopic (exact) mass is 325 g/mol. The van der Waals surface area contributed by atoms with E-state index in [1.54, 1.807) is 7.11 Å². The van der Waals surface area contributed by atoms with Gasteiger partial charge in [-0.25, -0.2) is 0 Å². The fourth-order valence-corrected chi connectivity index (χ4v) is 4.48. The topological polar surface area (TPSA) is 54.8 Å². The van der Waals surface area contributed by atoms with Gasteiger partial charge in [0.2, 0.25) is 0 Å². The highest BCUT2D eigenvalue weighted by Gasteiger charge is 2.80. The Kier molecular flexibility index (Phi) is 2.98. The van der Waals surface area contributed by atoms with Crippen molar-refractivity contribution in [2.45, 2.75) is 56.1 Å². The second kappa shape index (κ2) is 4.89. The van der Waals surface area contributed by atoms with Crippen LogP contribution in [0, 0.1) is 22.7 Å². The van der Waals surface area contributed by atoms with E-state index in [4.69, 9.17) is 14.2 Å². The third kappa shape index (κ3) is 2.07. The zero-order chi connectivity index (χ0) is 16.4. The van der Waals surface area contributed by atoms with Crippen LogP contribution in [0.3, 0.4) is 0 Å². The fourth-order valence-electron chi connectivity index (χ4n) is 4.48. The molecular weight excluding hydrogens is 302 g/mol. The predicted molar refractivity (Wildman–Crippen MR) is 88.1 cm³/mol. The zero-order valence-electron chi connectivity index (χ0n) is 14.1. The van der Waals surface area contributed by atoms with Crippen molar-refractivity contribution in [1.29, 1.82) is 5.26 Å². The van der Waals surface area contributed by atoms with E-state index in [1.807, 2.05) is 18.2 Å². The molecule has 1 spiro atoms. The lowest BCUT2D eigenvalue weighted by Gasteiger charge is -2.37. The van der Waals surface area contributed by atoms with Gasteiger partial charge in [-0.3, -0.25) is 0 Å². The van der Waals surface area contributed by atoms with Crippen LogP contribution in [0.5, 0.6) is 11.5 Å². The van der Waals surface area contributed by atoms with Gasteiger partial charge in [0.25, 0.3) is 0 Å². The molecule has 0 amide bonds. The Hall–Kier alpha value is -1.73. The molecule has 3 aliphatic carbocycles. The van der Waals surface area contributed by atoms with Crippen LogP contribution in [0.1, 0.15) is 44.1 Å². The molecule has 2 atom stereocenters. The maximum atomic E-state index is 9.95. The van der Waals surface area contributed by atoms with Crippen molar-refractivity contribution in [3.8, 4) is 17.6 Å². The number of rotatable bonds is 5. The molecule has 1 aromatic carbocycles. The summed E-state index contributed by atoms with van der Waals surface area (Å²) in [5.74, 6) is 2.24. The van der Waals surface area contributed by atoms with Crippen LogP contribution in [-0.4, -0.2) is 25.9 Å². The minimum Gasteiger partial charge on any atom is -0.493 e. The fraction of sp³-hybridized carbons (Fsp3) is 0.650. The minimum atomic E-state index is -0.385. The largest absolute Gasteiger partial charge is 0.493 e. The second-order valence-corrected chi connectivity index (χ2v) is 8.02. The van der Waals surface area contributed by atoms with Crippen LogP contribution < -0.4 is 9.47 Å². The molecule has 126 valence electrons. The quantitative estimate of drug-likeness (QED) is 0.776. The molecule has 3 saturated carbocycles. The number of nitriles is 1. The van der Waals surface area contributed by atoms with Crippen molar-refractivity contribution in [2.75, 3.05) is 13.7 Å². The smallest absolute Gasteiger partial charge is 0.161 e. The molecule has 0 radical (unpaired) electrons. The summed E-state index contributed by atoms with van der Waals surface area (Å²) < 4.78 is 16.9. The summed E-state index contributed by atoms with van der Waals surface area (Å²) in [4.78, 5) is 0. The first-order valence-corrected chi connectivity index (χ1v) is 9.09. The van der Waals surface area contributed by atoms with E-state index in [0.29, 0.717) is 23.5 Å². The highest BCUT2D eigenvalue weighted by molar-refractivity contribution is 5.48. The molecule has 5 rings (SSSR count). The van der Waals surface area contributed by atoms with Gasteiger partial charge in [0, 0.05) is 5.41 Å². The van der Waals surface area contributed by atoms with Gasteiger partial charge in [-0.15, -0.1) is 0 Å². The number of nitrogens with zero attached hydrogens (tertiary/aromatic N) is 1. The molecule has 4 aliphatic rings. The van der Waals surface area contributed by atoms with Gasteiger partial charge in [0.15, 0.2) is 11.5 Å². The average Bonchev–Trinajstić information content (AvgIpc) is 3.51. The number of ether oxygens (including phenoxy) is 3. The molecule has 1 aliphatic heterocycles. The first-order valence-electron chi connectivity index (χ1n) is 9.09. The van der Waals surface area contributed by atoms with Crippen LogP contribution in [0.4, 0.5) is 0 Å². The molecule has 4 heteroatoms. The van der Waals surface area contributed by atoms with Gasteiger partial charge < -0.3 is 14.2 Å². The Labute approximate surface area is 142 Å². The number of fused-ring (bicyclic) bond motifs is 3. The van der Waals surface area contributed by atoms with Gasteiger partial charge in [0.05, 0.1) is 37.4 Å². The summed E-state index contributed by atoms with van der Waals surface area (Å²) in [5, 5.41) is 9.95. The van der Waals surface area contributed by atoms with Gasteiger partial charge in [-0.1, -0.05) is 6.07 Å². The van der Waals surface area contributed by atoms with Crippen LogP contribution in [0.25, 0.3) is 0 Å². The first-order chi connectivity index (χ1) is 11.7. The Morgan fingerprint density at radius 1 is 1.17 bits per heavy atom. The third-order valence-corrected chi connectivity index (χ3v) is 6.65. The molecule has 1 heterocycles. The van der Waals surface area contributed by atoms with E-state index >= 15 is 0 Å². The molecule has 1 aromatic rings. The Morgan fingerprint density at radius 3 is 2.46 bits per heavy atom. The second-order valence-electron chi connectivity index (χ2n) is 8.02. The van der Waals surface area contributed by atoms with Crippen molar-refractivity contribution in [3.05, 3.63) is 23.8 Å². The van der Waals surface area contributed by atoms with E-state index in [0.717, 1.165) is 49.4 Å². The molecule has 4 fully saturated rings. The van der Waals surface area contributed by atoms with Crippen molar-refractivity contribution in [3.63, 3.8) is 0 Å². The normalized spacial score (nSPS) is 39.0. The van der Waals surface area contributed by atoms with E-state index in [-0.39, 0.29) is 5.41 Å². The van der Waals surface area contributed by atoms with Crippen LogP contribution >= 0.6 is 0 Å². The summed E-state index contributed by atoms with van der Waals surface area (Å²) in [6.45, 7) is 0.753. The van der Waals surface area contributed by atoms with E-state index < -0.39 is 0 Å². The van der Waals surface area contributed by atoms with E-state index in [9.17, 15) is 5.26 Å². The van der Waals surface area contributed by atoms with Crippen molar-refractivity contribution < 1.29 is 14.2 Å². The lowest BCUT2D eigenvalue weighted by molar-refractivity contribution is 0.0730. The van der Waals surface area contributed by atoms with Crippen LogP contribution in [0.2, 0.25) is 0 Å². The van der Waals surface area contributed by atoms with Crippen molar-refractivity contribution in [1.82, 2.24) is 0 Å². The highest BCUT2D eigenvalue weighted by atomic mass is 16.6. The molecule has 0 N–H and O–H groups in total. The predicted octanol–water partition coefficient (Wildman–Crippen LogP) is 3.59. The summed E-state index contributed by atoms with van der Waals surface area (Å²) in [6, 6.07) is 8.69. The lowest BCUT2D eigenvalue weighted by Crippen LogP contribution is -2.34. The number of epoxide rings is 1. The Balaban J connectivity index is 1.39. The van der Waals surface area contributed by atoms with E-state index in [1.165, 1.54) is 12.8 Å². The molecule has 0 aromatic heterocycles. The maximum absolute atomic E-state index is 9.95. The summed E-state index contributed by atoms with van der Waals surface area (Å²) >= 11 is 0. The lowest BCUT2D eigenvalue weighted by atomic mass is 9.65. The highest BCUT2D eigenvalue weighted by Crippen LogP contribution is 2.72. The number of hydrogen-bond donors (Lipinski definition) is 0.